The molecule has 8 heteroatoms. The van der Waals surface area contributed by atoms with Gasteiger partial charge in [0.15, 0.2) is 5.05 Å². The monoisotopic (exact) mass is 455 g/mol. The Morgan fingerprint density at radius 3 is 2.03 bits per heavy atom. The number of thiocarbonyl (C=S) groups is 1. The predicted octanol–water partition coefficient (Wildman–Crippen LogP) is 4.82. The van der Waals surface area contributed by atoms with Crippen LogP contribution in [-0.4, -0.2) is 43.2 Å². The minimum absolute atomic E-state index is 0.0129. The minimum Gasteiger partial charge on any atom is -0.538 e. The van der Waals surface area contributed by atoms with Gasteiger partial charge in [0.05, 0.1) is 6.42 Å². The van der Waals surface area contributed by atoms with E-state index in [-0.39, 0.29) is 23.5 Å². The molecule has 0 radical (unpaired) electrons. The molecule has 6 nitrogen and oxygen atoms in total. The van der Waals surface area contributed by atoms with Crippen LogP contribution in [0.2, 0.25) is 19.6 Å². The fraction of sp³-hybridized carbons (Fsp3) is 0.864. The summed E-state index contributed by atoms with van der Waals surface area (Å²) in [7, 11) is -1.98. The van der Waals surface area contributed by atoms with Crippen LogP contribution in [0.25, 0.3) is 0 Å². The summed E-state index contributed by atoms with van der Waals surface area (Å²) in [6.07, 6.45) is 5.45. The maximum atomic E-state index is 12.9. The molecule has 0 aliphatic heterocycles. The molecule has 4 rings (SSSR count). The molecule has 0 aromatic rings. The molecule has 4 fully saturated rings. The highest BCUT2D eigenvalue weighted by Crippen LogP contribution is 2.54. The Morgan fingerprint density at radius 1 is 1.03 bits per heavy atom. The lowest BCUT2D eigenvalue weighted by atomic mass is 9.55. The molecule has 170 valence electrons. The fourth-order valence-corrected chi connectivity index (χ4v) is 7.09. The molecule has 0 aromatic heterocycles. The van der Waals surface area contributed by atoms with E-state index in [4.69, 9.17) is 26.1 Å². The number of ether oxygens (including phenoxy) is 2. The van der Waals surface area contributed by atoms with E-state index >= 15 is 0 Å². The zero-order valence-electron chi connectivity index (χ0n) is 19.2. The number of alkyl carbamates (subject to hydrolysis) is 1. The van der Waals surface area contributed by atoms with E-state index in [9.17, 15) is 9.59 Å². The third kappa shape index (κ3) is 6.42. The highest BCUT2D eigenvalue weighted by molar-refractivity contribution is 7.80. The molecule has 1 atom stereocenters. The van der Waals surface area contributed by atoms with Crippen molar-refractivity contribution >= 4 is 37.6 Å². The van der Waals surface area contributed by atoms with Gasteiger partial charge in [-0.1, -0.05) is 0 Å². The topological polar surface area (TPSA) is 73.9 Å². The largest absolute Gasteiger partial charge is 0.538 e. The van der Waals surface area contributed by atoms with Crippen LogP contribution in [0, 0.1) is 23.7 Å². The summed E-state index contributed by atoms with van der Waals surface area (Å²) in [5, 5.41) is 2.95. The summed E-state index contributed by atoms with van der Waals surface area (Å²) in [6.45, 7) is 11.4. The molecular weight excluding hydrogens is 418 g/mol. The van der Waals surface area contributed by atoms with E-state index in [0.717, 1.165) is 11.8 Å². The van der Waals surface area contributed by atoms with Crippen molar-refractivity contribution in [1.82, 2.24) is 5.32 Å². The van der Waals surface area contributed by atoms with Gasteiger partial charge in [-0.3, -0.25) is 4.79 Å². The van der Waals surface area contributed by atoms with Gasteiger partial charge in [-0.05, 0) is 108 Å². The molecule has 4 bridgehead atoms. The van der Waals surface area contributed by atoms with Crippen molar-refractivity contribution in [3.63, 3.8) is 0 Å². The van der Waals surface area contributed by atoms with E-state index in [1.165, 1.54) is 32.1 Å². The first-order valence-corrected chi connectivity index (χ1v) is 15.0. The van der Waals surface area contributed by atoms with Crippen molar-refractivity contribution < 1.29 is 23.5 Å². The number of carbonyl (C=O) groups is 2. The quantitative estimate of drug-likeness (QED) is 0.352. The zero-order chi connectivity index (χ0) is 22.3. The molecule has 1 N–H and O–H groups in total. The van der Waals surface area contributed by atoms with Crippen molar-refractivity contribution in [2.75, 3.05) is 0 Å². The van der Waals surface area contributed by atoms with Crippen LogP contribution in [0.5, 0.6) is 0 Å². The molecule has 1 unspecified atom stereocenters. The lowest BCUT2D eigenvalue weighted by molar-refractivity contribution is -0.170. The lowest BCUT2D eigenvalue weighted by Crippen LogP contribution is -2.51. The average Bonchev–Trinajstić information content (AvgIpc) is 2.53. The zero-order valence-corrected chi connectivity index (χ0v) is 21.0. The van der Waals surface area contributed by atoms with Gasteiger partial charge in [-0.2, -0.15) is 0 Å². The van der Waals surface area contributed by atoms with Crippen molar-refractivity contribution in [2.45, 2.75) is 96.7 Å². The van der Waals surface area contributed by atoms with E-state index in [2.05, 4.69) is 5.32 Å². The molecule has 4 aliphatic rings. The molecule has 4 saturated carbocycles. The second kappa shape index (κ2) is 8.77. The first-order chi connectivity index (χ1) is 13.8. The Bertz CT molecular complexity index is 656. The van der Waals surface area contributed by atoms with Crippen LogP contribution in [-0.2, 0) is 18.7 Å². The second-order valence-electron chi connectivity index (χ2n) is 11.3. The van der Waals surface area contributed by atoms with Crippen LogP contribution in [0.15, 0.2) is 0 Å². The molecule has 1 amide bonds. The van der Waals surface area contributed by atoms with Gasteiger partial charge in [0.2, 0.25) is 8.32 Å². The van der Waals surface area contributed by atoms with Gasteiger partial charge in [0.25, 0.3) is 0 Å². The Hall–Kier alpha value is -1.15. The highest BCUT2D eigenvalue weighted by atomic mass is 32.1. The van der Waals surface area contributed by atoms with Crippen LogP contribution in [0.4, 0.5) is 4.79 Å². The van der Waals surface area contributed by atoms with E-state index in [0.29, 0.717) is 11.8 Å². The average molecular weight is 456 g/mol. The summed E-state index contributed by atoms with van der Waals surface area (Å²) in [5.41, 5.74) is -0.642. The Labute approximate surface area is 186 Å². The normalized spacial score (nSPS) is 31.1. The molecule has 4 aliphatic carbocycles. The third-order valence-corrected chi connectivity index (χ3v) is 7.51. The summed E-state index contributed by atoms with van der Waals surface area (Å²) >= 11 is 5.44. The second-order valence-corrected chi connectivity index (χ2v) is 16.2. The molecule has 0 spiro atoms. The summed E-state index contributed by atoms with van der Waals surface area (Å²) in [4.78, 5) is 25.2. The highest BCUT2D eigenvalue weighted by Gasteiger charge is 2.50. The van der Waals surface area contributed by atoms with Gasteiger partial charge < -0.3 is 19.2 Å². The summed E-state index contributed by atoms with van der Waals surface area (Å²) in [5.74, 6) is 2.30. The maximum Gasteiger partial charge on any atom is 0.408 e. The Morgan fingerprint density at radius 2 is 1.57 bits per heavy atom. The van der Waals surface area contributed by atoms with E-state index in [1.54, 1.807) is 20.8 Å². The lowest BCUT2D eigenvalue weighted by Gasteiger charge is -2.53. The van der Waals surface area contributed by atoms with Crippen LogP contribution >= 0.6 is 12.2 Å². The standard InChI is InChI=1S/C22H37NO5SSi/c1-22(2,3)27-21(25)23-17(20(29)28-30(4,5)6)12-18(24)26-19-15-8-13-7-14(10-15)11-16(19)9-13/h13-17,19H,7-12H2,1-6H3,(H,23,25). The van der Waals surface area contributed by atoms with E-state index in [1.807, 2.05) is 19.6 Å². The van der Waals surface area contributed by atoms with Crippen molar-refractivity contribution in [2.24, 2.45) is 23.7 Å². The number of amides is 1. The number of hydrogen-bond donors (Lipinski definition) is 1. The van der Waals surface area contributed by atoms with Crippen molar-refractivity contribution in [1.29, 1.82) is 0 Å². The summed E-state index contributed by atoms with van der Waals surface area (Å²) < 4.78 is 17.2. The van der Waals surface area contributed by atoms with Gasteiger partial charge in [-0.25, -0.2) is 4.79 Å². The summed E-state index contributed by atoms with van der Waals surface area (Å²) in [6, 6.07) is -0.745. The third-order valence-electron chi connectivity index (χ3n) is 6.16. The maximum absolute atomic E-state index is 12.9. The molecule has 0 aromatic carbocycles. The SMILES string of the molecule is CC(C)(C)OC(=O)NC(CC(=O)OC1C2CC3CC(C2)CC1C3)C(=S)O[Si](C)(C)C. The number of esters is 1. The molecule has 0 saturated heterocycles. The van der Waals surface area contributed by atoms with Crippen LogP contribution in [0.3, 0.4) is 0 Å². The molecule has 30 heavy (non-hydrogen) atoms. The van der Waals surface area contributed by atoms with Gasteiger partial charge in [0.1, 0.15) is 17.7 Å². The van der Waals surface area contributed by atoms with Crippen molar-refractivity contribution in [3.8, 4) is 0 Å². The number of carbonyl (C=O) groups excluding carboxylic acids is 2. The van der Waals surface area contributed by atoms with Gasteiger partial charge in [-0.15, -0.1) is 0 Å². The van der Waals surface area contributed by atoms with Crippen molar-refractivity contribution in [3.05, 3.63) is 0 Å². The van der Waals surface area contributed by atoms with E-state index < -0.39 is 26.1 Å². The minimum atomic E-state index is -1.98. The first-order valence-electron chi connectivity index (χ1n) is 11.2. The fourth-order valence-electron chi connectivity index (χ4n) is 5.45. The Kier molecular flexibility index (Phi) is 6.87. The predicted molar refractivity (Wildman–Crippen MR) is 122 cm³/mol. The first kappa shape index (κ1) is 23.5. The smallest absolute Gasteiger partial charge is 0.408 e. The van der Waals surface area contributed by atoms with Crippen LogP contribution in [0.1, 0.15) is 59.3 Å². The molecular formula is C22H37NO5SSi. The Balaban J connectivity index is 1.62. The van der Waals surface area contributed by atoms with Gasteiger partial charge in [0, 0.05) is 0 Å². The van der Waals surface area contributed by atoms with Gasteiger partial charge >= 0.3 is 12.1 Å². The number of nitrogens with one attached hydrogen (secondary N) is 1. The van der Waals surface area contributed by atoms with Crippen LogP contribution < -0.4 is 5.32 Å². The number of hydrogen-bond acceptors (Lipinski definition) is 6. The number of rotatable bonds is 6. The molecule has 0 heterocycles.